The average Bonchev–Trinajstić information content (AvgIpc) is 3.06. The third-order valence-electron chi connectivity index (χ3n) is 4.74. The zero-order valence-electron chi connectivity index (χ0n) is 15.6. The summed E-state index contributed by atoms with van der Waals surface area (Å²) in [5, 5.41) is 3.06. The van der Waals surface area contributed by atoms with E-state index in [2.05, 4.69) is 5.32 Å². The maximum absolute atomic E-state index is 13.4. The Morgan fingerprint density at radius 3 is 2.03 bits per heavy atom. The van der Waals surface area contributed by atoms with Gasteiger partial charge in [0.05, 0.1) is 13.2 Å². The van der Waals surface area contributed by atoms with Crippen molar-refractivity contribution in [3.05, 3.63) is 102 Å². The maximum atomic E-state index is 13.4. The number of amides is 1. The Morgan fingerprint density at radius 2 is 1.45 bits per heavy atom. The molecular formula is C23H18F2N2O2. The van der Waals surface area contributed by atoms with Crippen LogP contribution in [0.3, 0.4) is 0 Å². The number of nitrogens with one attached hydrogen (secondary N) is 1. The van der Waals surface area contributed by atoms with E-state index in [9.17, 15) is 13.6 Å². The van der Waals surface area contributed by atoms with Crippen molar-refractivity contribution < 1.29 is 18.3 Å². The molecule has 0 fully saturated rings. The van der Waals surface area contributed by atoms with Crippen molar-refractivity contribution in [2.45, 2.75) is 6.04 Å². The van der Waals surface area contributed by atoms with Gasteiger partial charge in [0.1, 0.15) is 23.1 Å². The molecule has 3 aromatic rings. The summed E-state index contributed by atoms with van der Waals surface area (Å²) in [5.41, 5.74) is 2.41. The molecule has 1 aliphatic heterocycles. The summed E-state index contributed by atoms with van der Waals surface area (Å²) < 4.78 is 31.8. The van der Waals surface area contributed by atoms with Crippen LogP contribution in [0, 0.1) is 11.6 Å². The average molecular weight is 392 g/mol. The Labute approximate surface area is 167 Å². The van der Waals surface area contributed by atoms with Crippen molar-refractivity contribution in [3.8, 4) is 5.75 Å². The van der Waals surface area contributed by atoms with Crippen molar-refractivity contribution in [3.63, 3.8) is 0 Å². The van der Waals surface area contributed by atoms with Gasteiger partial charge in [0.25, 0.3) is 5.91 Å². The van der Waals surface area contributed by atoms with E-state index in [0.717, 1.165) is 5.56 Å². The number of carbonyl (C=O) groups excluding carboxylic acids is 1. The first-order valence-corrected chi connectivity index (χ1v) is 9.02. The highest BCUT2D eigenvalue weighted by Gasteiger charge is 2.34. The van der Waals surface area contributed by atoms with Gasteiger partial charge in [-0.05, 0) is 72.3 Å². The van der Waals surface area contributed by atoms with Gasteiger partial charge >= 0.3 is 0 Å². The first-order valence-electron chi connectivity index (χ1n) is 9.02. The van der Waals surface area contributed by atoms with Gasteiger partial charge < -0.3 is 10.1 Å². The van der Waals surface area contributed by atoms with Gasteiger partial charge in [-0.25, -0.2) is 8.78 Å². The Hall–Kier alpha value is -3.67. The molecule has 29 heavy (non-hydrogen) atoms. The molecule has 4 nitrogen and oxygen atoms in total. The van der Waals surface area contributed by atoms with E-state index in [0.29, 0.717) is 22.8 Å². The quantitative estimate of drug-likeness (QED) is 0.660. The van der Waals surface area contributed by atoms with Crippen molar-refractivity contribution in [2.75, 3.05) is 17.3 Å². The third kappa shape index (κ3) is 3.82. The normalized spacial score (nSPS) is 16.0. The molecule has 1 heterocycles. The number of nitrogens with zero attached hydrogens (tertiary/aromatic N) is 1. The first kappa shape index (κ1) is 18.7. The van der Waals surface area contributed by atoms with Crippen LogP contribution in [0.15, 0.2) is 84.6 Å². The van der Waals surface area contributed by atoms with E-state index in [1.807, 2.05) is 24.3 Å². The lowest BCUT2D eigenvalue weighted by Crippen LogP contribution is -2.30. The highest BCUT2D eigenvalue weighted by Crippen LogP contribution is 2.36. The molecule has 4 rings (SSSR count). The van der Waals surface area contributed by atoms with Gasteiger partial charge in [0.2, 0.25) is 0 Å². The SMILES string of the molecule is COc1ccc([C@H]2C=C(Nc3ccc(F)cc3)C(=O)N2c2ccc(F)cc2)cc1. The van der Waals surface area contributed by atoms with Gasteiger partial charge in [-0.3, -0.25) is 9.69 Å². The van der Waals surface area contributed by atoms with Crippen LogP contribution in [0.4, 0.5) is 20.2 Å². The summed E-state index contributed by atoms with van der Waals surface area (Å²) in [6.45, 7) is 0. The van der Waals surface area contributed by atoms with E-state index < -0.39 is 0 Å². The minimum atomic E-state index is -0.387. The van der Waals surface area contributed by atoms with Crippen LogP contribution < -0.4 is 15.0 Å². The van der Waals surface area contributed by atoms with Crippen molar-refractivity contribution in [1.29, 1.82) is 0 Å². The molecule has 6 heteroatoms. The van der Waals surface area contributed by atoms with E-state index in [4.69, 9.17) is 4.74 Å². The second kappa shape index (κ2) is 7.75. The monoisotopic (exact) mass is 392 g/mol. The van der Waals surface area contributed by atoms with Crippen LogP contribution in [0.2, 0.25) is 0 Å². The fourth-order valence-corrected chi connectivity index (χ4v) is 3.27. The summed E-state index contributed by atoms with van der Waals surface area (Å²) in [4.78, 5) is 14.8. The number of ether oxygens (including phenoxy) is 1. The zero-order valence-corrected chi connectivity index (χ0v) is 15.6. The summed E-state index contributed by atoms with van der Waals surface area (Å²) >= 11 is 0. The van der Waals surface area contributed by atoms with Gasteiger partial charge in [-0.1, -0.05) is 12.1 Å². The molecule has 1 amide bonds. The molecule has 1 aliphatic rings. The van der Waals surface area contributed by atoms with Crippen LogP contribution in [-0.4, -0.2) is 13.0 Å². The summed E-state index contributed by atoms with van der Waals surface area (Å²) in [5.74, 6) is -0.285. The molecule has 0 spiro atoms. The van der Waals surface area contributed by atoms with Crippen molar-refractivity contribution in [1.82, 2.24) is 0 Å². The summed E-state index contributed by atoms with van der Waals surface area (Å²) in [6, 6.07) is 18.6. The molecule has 146 valence electrons. The van der Waals surface area contributed by atoms with E-state index in [-0.39, 0.29) is 23.6 Å². The number of anilines is 2. The van der Waals surface area contributed by atoms with Crippen LogP contribution in [0.5, 0.6) is 5.75 Å². The standard InChI is InChI=1S/C23H18F2N2O2/c1-29-20-12-2-15(3-13-20)22-14-21(26-18-8-4-16(24)5-9-18)23(28)27(22)19-10-6-17(25)7-11-19/h2-14,22,26H,1H3/t22-/m1/s1. The molecule has 0 aromatic heterocycles. The molecule has 0 saturated carbocycles. The number of hydrogen-bond donors (Lipinski definition) is 1. The largest absolute Gasteiger partial charge is 0.497 e. The number of halogens is 2. The van der Waals surface area contributed by atoms with Gasteiger partial charge in [0.15, 0.2) is 0 Å². The molecule has 0 bridgehead atoms. The molecule has 1 atom stereocenters. The molecule has 0 saturated heterocycles. The number of benzene rings is 3. The van der Waals surface area contributed by atoms with E-state index in [1.54, 1.807) is 42.4 Å². The molecule has 0 aliphatic carbocycles. The maximum Gasteiger partial charge on any atom is 0.275 e. The first-order chi connectivity index (χ1) is 14.0. The summed E-state index contributed by atoms with van der Waals surface area (Å²) in [6.07, 6.45) is 1.80. The minimum Gasteiger partial charge on any atom is -0.497 e. The van der Waals surface area contributed by atoms with Crippen LogP contribution >= 0.6 is 0 Å². The predicted octanol–water partition coefficient (Wildman–Crippen LogP) is 5.06. The van der Waals surface area contributed by atoms with E-state index >= 15 is 0 Å². The van der Waals surface area contributed by atoms with Crippen LogP contribution in [0.1, 0.15) is 11.6 Å². The van der Waals surface area contributed by atoms with Crippen LogP contribution in [-0.2, 0) is 4.79 Å². The highest BCUT2D eigenvalue weighted by atomic mass is 19.1. The lowest BCUT2D eigenvalue weighted by molar-refractivity contribution is -0.114. The highest BCUT2D eigenvalue weighted by molar-refractivity contribution is 6.11. The smallest absolute Gasteiger partial charge is 0.275 e. The zero-order chi connectivity index (χ0) is 20.4. The second-order valence-electron chi connectivity index (χ2n) is 6.58. The fraction of sp³-hybridized carbons (Fsp3) is 0.0870. The predicted molar refractivity (Wildman–Crippen MR) is 108 cm³/mol. The minimum absolute atomic E-state index is 0.262. The lowest BCUT2D eigenvalue weighted by Gasteiger charge is -2.25. The van der Waals surface area contributed by atoms with Crippen molar-refractivity contribution >= 4 is 17.3 Å². The number of methoxy groups -OCH3 is 1. The number of rotatable bonds is 5. The Morgan fingerprint density at radius 1 is 0.862 bits per heavy atom. The molecular weight excluding hydrogens is 374 g/mol. The molecule has 0 unspecified atom stereocenters. The second-order valence-corrected chi connectivity index (χ2v) is 6.58. The molecule has 0 radical (unpaired) electrons. The Bertz CT molecular complexity index is 1050. The van der Waals surface area contributed by atoms with Crippen LogP contribution in [0.25, 0.3) is 0 Å². The van der Waals surface area contributed by atoms with Gasteiger partial charge in [-0.2, -0.15) is 0 Å². The Kier molecular flexibility index (Phi) is 4.99. The molecule has 1 N–H and O–H groups in total. The third-order valence-corrected chi connectivity index (χ3v) is 4.74. The number of hydrogen-bond acceptors (Lipinski definition) is 3. The lowest BCUT2D eigenvalue weighted by atomic mass is 10.1. The Balaban J connectivity index is 1.71. The fourth-order valence-electron chi connectivity index (χ4n) is 3.27. The van der Waals surface area contributed by atoms with Gasteiger partial charge in [-0.15, -0.1) is 0 Å². The summed E-state index contributed by atoms with van der Waals surface area (Å²) in [7, 11) is 1.59. The van der Waals surface area contributed by atoms with Crippen molar-refractivity contribution in [2.24, 2.45) is 0 Å². The van der Waals surface area contributed by atoms with Gasteiger partial charge in [0, 0.05) is 11.4 Å². The molecule has 3 aromatic carbocycles. The topological polar surface area (TPSA) is 41.6 Å². The van der Waals surface area contributed by atoms with E-state index in [1.165, 1.54) is 24.3 Å². The number of carbonyl (C=O) groups is 1.